The number of pyridine rings is 1. The Morgan fingerprint density at radius 3 is 2.79 bits per heavy atom. The first-order valence-electron chi connectivity index (χ1n) is 8.55. The molecule has 3 heterocycles. The van der Waals surface area contributed by atoms with Crippen molar-refractivity contribution in [1.82, 2.24) is 14.9 Å². The minimum atomic E-state index is -0.759. The van der Waals surface area contributed by atoms with Crippen molar-refractivity contribution in [2.24, 2.45) is 0 Å². The van der Waals surface area contributed by atoms with Crippen LogP contribution in [0.5, 0.6) is 17.4 Å². The number of rotatable bonds is 4. The highest BCUT2D eigenvalue weighted by atomic mass is 35.5. The van der Waals surface area contributed by atoms with Gasteiger partial charge in [-0.15, -0.1) is 5.06 Å². The number of ether oxygens (including phenoxy) is 1. The fraction of sp³-hybridized carbons (Fsp3) is 0.278. The van der Waals surface area contributed by atoms with Gasteiger partial charge in [-0.05, 0) is 43.6 Å². The van der Waals surface area contributed by atoms with Crippen molar-refractivity contribution in [1.29, 1.82) is 0 Å². The molecule has 2 aromatic rings. The van der Waals surface area contributed by atoms with Crippen LogP contribution in [0.2, 0.25) is 10.0 Å². The van der Waals surface area contributed by atoms with Crippen molar-refractivity contribution in [3.05, 3.63) is 46.3 Å². The van der Waals surface area contributed by atoms with E-state index in [9.17, 15) is 9.18 Å². The summed E-state index contributed by atoms with van der Waals surface area (Å²) in [5.74, 6) is -1.14. The van der Waals surface area contributed by atoms with Gasteiger partial charge < -0.3 is 14.5 Å². The molecule has 6 nitrogen and oxygen atoms in total. The van der Waals surface area contributed by atoms with Crippen LogP contribution in [-0.2, 0) is 4.79 Å². The molecule has 10 heteroatoms. The smallest absolute Gasteiger partial charge is 0.285 e. The highest BCUT2D eigenvalue weighted by molar-refractivity contribution is 7.80. The number of carbonyl (C=O) groups is 1. The molecule has 1 atom stereocenters. The highest BCUT2D eigenvalue weighted by Crippen LogP contribution is 2.37. The van der Waals surface area contributed by atoms with Crippen LogP contribution < -0.4 is 9.57 Å². The summed E-state index contributed by atoms with van der Waals surface area (Å²) in [6, 6.07) is 5.14. The summed E-state index contributed by atoms with van der Waals surface area (Å²) < 4.78 is 20.0. The van der Waals surface area contributed by atoms with Crippen LogP contribution >= 0.6 is 35.4 Å². The number of hydrogen-bond donors (Lipinski definition) is 0. The summed E-state index contributed by atoms with van der Waals surface area (Å²) >= 11 is 17.4. The average molecular weight is 442 g/mol. The van der Waals surface area contributed by atoms with Crippen LogP contribution in [0.25, 0.3) is 0 Å². The third-order valence-corrected chi connectivity index (χ3v) is 5.50. The standard InChI is InChI=1S/C18H14Cl2FN3O3S/c19-10-4-3-6-22-16(10)26-14-9-15(12(21)8-11(14)20)27-24-17(25)13-5-1-2-7-23(13)18(24)28/h3-4,6,8-9,13H,1-2,5,7H2. The second-order valence-corrected chi connectivity index (χ2v) is 7.50. The molecule has 2 saturated heterocycles. The van der Waals surface area contributed by atoms with Crippen LogP contribution in [-0.4, -0.2) is 38.6 Å². The number of benzene rings is 1. The summed E-state index contributed by atoms with van der Waals surface area (Å²) in [4.78, 5) is 23.9. The number of amides is 1. The molecule has 0 bridgehead atoms. The molecule has 1 unspecified atom stereocenters. The Morgan fingerprint density at radius 1 is 1.21 bits per heavy atom. The molecule has 2 aliphatic rings. The topological polar surface area (TPSA) is 54.9 Å². The molecule has 0 N–H and O–H groups in total. The predicted octanol–water partition coefficient (Wildman–Crippen LogP) is 4.60. The number of aromatic nitrogens is 1. The fourth-order valence-electron chi connectivity index (χ4n) is 3.16. The molecule has 4 rings (SSSR count). The maximum atomic E-state index is 14.4. The minimum Gasteiger partial charge on any atom is -0.436 e. The van der Waals surface area contributed by atoms with Crippen molar-refractivity contribution in [2.45, 2.75) is 25.3 Å². The first-order valence-corrected chi connectivity index (χ1v) is 9.72. The lowest BCUT2D eigenvalue weighted by Crippen LogP contribution is -2.39. The van der Waals surface area contributed by atoms with Crippen LogP contribution in [0, 0.1) is 5.82 Å². The Bertz CT molecular complexity index is 938. The van der Waals surface area contributed by atoms with E-state index in [4.69, 9.17) is 45.0 Å². The summed E-state index contributed by atoms with van der Waals surface area (Å²) in [5.41, 5.74) is 0. The molecule has 0 spiro atoms. The second-order valence-electron chi connectivity index (χ2n) is 6.32. The van der Waals surface area contributed by atoms with Gasteiger partial charge in [0.05, 0.1) is 5.02 Å². The molecule has 2 fully saturated rings. The maximum Gasteiger partial charge on any atom is 0.285 e. The number of nitrogens with zero attached hydrogens (tertiary/aromatic N) is 3. The van der Waals surface area contributed by atoms with E-state index >= 15 is 0 Å². The van der Waals surface area contributed by atoms with Gasteiger partial charge >= 0.3 is 0 Å². The lowest BCUT2D eigenvalue weighted by molar-refractivity contribution is -0.143. The predicted molar refractivity (Wildman–Crippen MR) is 105 cm³/mol. The van der Waals surface area contributed by atoms with E-state index < -0.39 is 5.82 Å². The second kappa shape index (κ2) is 7.69. The van der Waals surface area contributed by atoms with E-state index in [1.54, 1.807) is 17.0 Å². The van der Waals surface area contributed by atoms with Gasteiger partial charge in [0.1, 0.15) is 11.1 Å². The first-order chi connectivity index (χ1) is 13.5. The van der Waals surface area contributed by atoms with Gasteiger partial charge in [-0.2, -0.15) is 0 Å². The molecular weight excluding hydrogens is 428 g/mol. The molecule has 2 aliphatic heterocycles. The lowest BCUT2D eigenvalue weighted by atomic mass is 10.0. The van der Waals surface area contributed by atoms with Gasteiger partial charge in [-0.25, -0.2) is 9.37 Å². The van der Waals surface area contributed by atoms with Crippen LogP contribution in [0.1, 0.15) is 19.3 Å². The van der Waals surface area contributed by atoms with Crippen molar-refractivity contribution < 1.29 is 18.8 Å². The van der Waals surface area contributed by atoms with Crippen molar-refractivity contribution in [2.75, 3.05) is 6.54 Å². The van der Waals surface area contributed by atoms with E-state index in [1.807, 2.05) is 0 Å². The van der Waals surface area contributed by atoms with Gasteiger partial charge in [0.25, 0.3) is 5.91 Å². The SMILES string of the molecule is O=C1C2CCCCN2C(=S)N1Oc1cc(Oc2ncccc2Cl)c(Cl)cc1F. The lowest BCUT2D eigenvalue weighted by Gasteiger charge is -2.27. The normalized spacial score (nSPS) is 19.0. The van der Waals surface area contributed by atoms with Gasteiger partial charge in [0, 0.05) is 24.9 Å². The van der Waals surface area contributed by atoms with Crippen LogP contribution in [0.4, 0.5) is 4.39 Å². The molecule has 0 saturated carbocycles. The van der Waals surface area contributed by atoms with Crippen molar-refractivity contribution >= 4 is 46.4 Å². The Kier molecular flexibility index (Phi) is 5.27. The summed E-state index contributed by atoms with van der Waals surface area (Å²) in [6.07, 6.45) is 4.05. The third kappa shape index (κ3) is 3.47. The summed E-state index contributed by atoms with van der Waals surface area (Å²) in [5, 5.41) is 1.44. The number of hydrogen-bond acceptors (Lipinski definition) is 5. The maximum absolute atomic E-state index is 14.4. The Hall–Kier alpha value is -2.16. The van der Waals surface area contributed by atoms with E-state index in [0.29, 0.717) is 13.0 Å². The number of thiocarbonyl (C=S) groups is 1. The van der Waals surface area contributed by atoms with Gasteiger partial charge in [0.2, 0.25) is 11.0 Å². The van der Waals surface area contributed by atoms with E-state index in [2.05, 4.69) is 4.98 Å². The van der Waals surface area contributed by atoms with Crippen molar-refractivity contribution in [3.63, 3.8) is 0 Å². The largest absolute Gasteiger partial charge is 0.436 e. The molecule has 146 valence electrons. The molecule has 1 aromatic carbocycles. The number of hydroxylamine groups is 2. The molecule has 0 radical (unpaired) electrons. The highest BCUT2D eigenvalue weighted by Gasteiger charge is 2.45. The quantitative estimate of drug-likeness (QED) is 0.646. The first kappa shape index (κ1) is 19.2. The Balaban J connectivity index is 1.61. The molecule has 1 amide bonds. The van der Waals surface area contributed by atoms with Crippen LogP contribution in [0.15, 0.2) is 30.5 Å². The monoisotopic (exact) mass is 441 g/mol. The summed E-state index contributed by atoms with van der Waals surface area (Å²) in [6.45, 7) is 0.671. The average Bonchev–Trinajstić information content (AvgIpc) is 2.92. The third-order valence-electron chi connectivity index (χ3n) is 4.51. The molecule has 0 aliphatic carbocycles. The minimum absolute atomic E-state index is 0.000635. The fourth-order valence-corrected chi connectivity index (χ4v) is 3.85. The molecular formula is C18H14Cl2FN3O3S. The van der Waals surface area contributed by atoms with Gasteiger partial charge in [-0.1, -0.05) is 23.2 Å². The zero-order valence-corrected chi connectivity index (χ0v) is 16.7. The van der Waals surface area contributed by atoms with E-state index in [1.165, 1.54) is 12.3 Å². The summed E-state index contributed by atoms with van der Waals surface area (Å²) in [7, 11) is 0. The number of halogens is 3. The Morgan fingerprint density at radius 2 is 2.04 bits per heavy atom. The molecule has 28 heavy (non-hydrogen) atoms. The van der Waals surface area contributed by atoms with E-state index in [-0.39, 0.29) is 44.5 Å². The van der Waals surface area contributed by atoms with E-state index in [0.717, 1.165) is 24.0 Å². The molecule has 1 aromatic heterocycles. The zero-order valence-electron chi connectivity index (χ0n) is 14.4. The van der Waals surface area contributed by atoms with Crippen molar-refractivity contribution in [3.8, 4) is 17.4 Å². The van der Waals surface area contributed by atoms with Crippen LogP contribution in [0.3, 0.4) is 0 Å². The number of fused-ring (bicyclic) bond motifs is 1. The van der Waals surface area contributed by atoms with Gasteiger partial charge in [0.15, 0.2) is 17.3 Å². The number of piperidine rings is 1. The van der Waals surface area contributed by atoms with Gasteiger partial charge in [-0.3, -0.25) is 4.79 Å². The Labute approximate surface area is 175 Å². The number of carbonyl (C=O) groups excluding carboxylic acids is 1. The zero-order chi connectivity index (χ0) is 19.8.